The minimum absolute atomic E-state index is 0.192. The van der Waals surface area contributed by atoms with Crippen LogP contribution in [0.3, 0.4) is 0 Å². The number of hydrogen-bond acceptors (Lipinski definition) is 3. The minimum atomic E-state index is -0.843. The lowest BCUT2D eigenvalue weighted by atomic mass is 10.0. The van der Waals surface area contributed by atoms with E-state index in [1.54, 1.807) is 28.7 Å². The van der Waals surface area contributed by atoms with Crippen molar-refractivity contribution >= 4 is 11.6 Å². The minimum Gasteiger partial charge on any atom is -0.382 e. The highest BCUT2D eigenvalue weighted by atomic mass is 35.5. The normalized spacial score (nSPS) is 13.3. The van der Waals surface area contributed by atoms with Crippen molar-refractivity contribution in [2.75, 3.05) is 0 Å². The van der Waals surface area contributed by atoms with Crippen LogP contribution in [-0.4, -0.2) is 24.7 Å². The standard InChI is InChI=1S/C12H17ClN4O/c1-7(2)10-9(12(13)17(4)15-10)11(18)8-5-6-16(3)14-8/h5-7,11,18H,1-4H3. The summed E-state index contributed by atoms with van der Waals surface area (Å²) in [5.74, 6) is 0.192. The fourth-order valence-corrected chi connectivity index (χ4v) is 2.18. The Hall–Kier alpha value is -1.33. The van der Waals surface area contributed by atoms with Crippen molar-refractivity contribution in [1.82, 2.24) is 19.6 Å². The topological polar surface area (TPSA) is 55.9 Å². The molecule has 0 aliphatic carbocycles. The van der Waals surface area contributed by atoms with Crippen LogP contribution in [0.5, 0.6) is 0 Å². The van der Waals surface area contributed by atoms with E-state index in [-0.39, 0.29) is 5.92 Å². The summed E-state index contributed by atoms with van der Waals surface area (Å²) in [4.78, 5) is 0. The van der Waals surface area contributed by atoms with Crippen LogP contribution in [0.15, 0.2) is 12.3 Å². The molecule has 0 aromatic carbocycles. The second-order valence-electron chi connectivity index (χ2n) is 4.68. The van der Waals surface area contributed by atoms with E-state index in [4.69, 9.17) is 11.6 Å². The Balaban J connectivity index is 2.50. The van der Waals surface area contributed by atoms with Crippen molar-refractivity contribution in [3.63, 3.8) is 0 Å². The van der Waals surface area contributed by atoms with Crippen LogP contribution in [0.25, 0.3) is 0 Å². The SMILES string of the molecule is CC(C)c1nn(C)c(Cl)c1C(O)c1ccn(C)n1. The van der Waals surface area contributed by atoms with Gasteiger partial charge in [-0.1, -0.05) is 25.4 Å². The van der Waals surface area contributed by atoms with Crippen LogP contribution >= 0.6 is 11.6 Å². The van der Waals surface area contributed by atoms with Crippen LogP contribution in [0.4, 0.5) is 0 Å². The molecular weight excluding hydrogens is 252 g/mol. The molecule has 2 aromatic heterocycles. The summed E-state index contributed by atoms with van der Waals surface area (Å²) in [6, 6.07) is 1.78. The third-order valence-corrected chi connectivity index (χ3v) is 3.32. The van der Waals surface area contributed by atoms with Crippen LogP contribution < -0.4 is 0 Å². The number of nitrogens with zero attached hydrogens (tertiary/aromatic N) is 4. The van der Waals surface area contributed by atoms with Gasteiger partial charge in [-0.25, -0.2) is 0 Å². The van der Waals surface area contributed by atoms with Gasteiger partial charge in [-0.2, -0.15) is 10.2 Å². The van der Waals surface area contributed by atoms with Crippen molar-refractivity contribution in [2.45, 2.75) is 25.9 Å². The van der Waals surface area contributed by atoms with Gasteiger partial charge in [-0.3, -0.25) is 9.36 Å². The first-order chi connectivity index (χ1) is 8.41. The molecule has 0 aliphatic rings. The Bertz CT molecular complexity index is 558. The average Bonchev–Trinajstić information content (AvgIpc) is 2.84. The first-order valence-corrected chi connectivity index (χ1v) is 6.19. The molecule has 2 rings (SSSR count). The van der Waals surface area contributed by atoms with Gasteiger partial charge in [-0.15, -0.1) is 0 Å². The number of aryl methyl sites for hydroxylation is 2. The van der Waals surface area contributed by atoms with Crippen molar-refractivity contribution < 1.29 is 5.11 Å². The maximum atomic E-state index is 10.4. The van der Waals surface area contributed by atoms with E-state index in [0.29, 0.717) is 16.4 Å². The average molecular weight is 269 g/mol. The van der Waals surface area contributed by atoms with Gasteiger partial charge in [0.1, 0.15) is 11.3 Å². The number of halogens is 1. The molecule has 98 valence electrons. The highest BCUT2D eigenvalue weighted by molar-refractivity contribution is 6.30. The van der Waals surface area contributed by atoms with E-state index < -0.39 is 6.10 Å². The van der Waals surface area contributed by atoms with E-state index in [1.165, 1.54) is 0 Å². The zero-order chi connectivity index (χ0) is 13.4. The molecule has 6 heteroatoms. The smallest absolute Gasteiger partial charge is 0.133 e. The first-order valence-electron chi connectivity index (χ1n) is 5.81. The molecule has 0 spiro atoms. The molecule has 0 saturated heterocycles. The molecule has 0 fully saturated rings. The van der Waals surface area contributed by atoms with Gasteiger partial charge in [-0.05, 0) is 12.0 Å². The predicted molar refractivity (Wildman–Crippen MR) is 69.6 cm³/mol. The molecule has 0 amide bonds. The Morgan fingerprint density at radius 1 is 1.28 bits per heavy atom. The zero-order valence-corrected chi connectivity index (χ0v) is 11.7. The Labute approximate surface area is 111 Å². The summed E-state index contributed by atoms with van der Waals surface area (Å²) < 4.78 is 3.23. The summed E-state index contributed by atoms with van der Waals surface area (Å²) in [7, 11) is 3.58. The quantitative estimate of drug-likeness (QED) is 0.927. The summed E-state index contributed by atoms with van der Waals surface area (Å²) in [5.41, 5.74) is 2.03. The predicted octanol–water partition coefficient (Wildman–Crippen LogP) is 2.01. The monoisotopic (exact) mass is 268 g/mol. The number of aliphatic hydroxyl groups is 1. The Morgan fingerprint density at radius 3 is 2.44 bits per heavy atom. The van der Waals surface area contributed by atoms with E-state index in [9.17, 15) is 5.11 Å². The van der Waals surface area contributed by atoms with Gasteiger partial charge in [0.15, 0.2) is 0 Å². The Kier molecular flexibility index (Phi) is 3.45. The molecule has 2 aromatic rings. The summed E-state index contributed by atoms with van der Waals surface area (Å²) in [6.07, 6.45) is 0.947. The Morgan fingerprint density at radius 2 is 1.94 bits per heavy atom. The third kappa shape index (κ3) is 2.15. The fourth-order valence-electron chi connectivity index (χ4n) is 1.95. The lowest BCUT2D eigenvalue weighted by molar-refractivity contribution is 0.213. The van der Waals surface area contributed by atoms with Crippen LogP contribution in [0, 0.1) is 0 Å². The second kappa shape index (κ2) is 4.74. The summed E-state index contributed by atoms with van der Waals surface area (Å²) in [6.45, 7) is 4.04. The maximum Gasteiger partial charge on any atom is 0.133 e. The van der Waals surface area contributed by atoms with Crippen molar-refractivity contribution in [2.24, 2.45) is 14.1 Å². The molecule has 0 aliphatic heterocycles. The highest BCUT2D eigenvalue weighted by Gasteiger charge is 2.25. The molecule has 0 saturated carbocycles. The summed E-state index contributed by atoms with van der Waals surface area (Å²) >= 11 is 6.22. The lowest BCUT2D eigenvalue weighted by Gasteiger charge is -2.10. The molecule has 1 N–H and O–H groups in total. The first kappa shape index (κ1) is 13.1. The molecule has 0 bridgehead atoms. The summed E-state index contributed by atoms with van der Waals surface area (Å²) in [5, 5.41) is 19.4. The third-order valence-electron chi connectivity index (χ3n) is 2.87. The molecular formula is C12H17ClN4O. The number of hydrogen-bond donors (Lipinski definition) is 1. The van der Waals surface area contributed by atoms with Crippen LogP contribution in [0.1, 0.15) is 42.8 Å². The van der Waals surface area contributed by atoms with E-state index >= 15 is 0 Å². The van der Waals surface area contributed by atoms with E-state index in [2.05, 4.69) is 10.2 Å². The lowest BCUT2D eigenvalue weighted by Crippen LogP contribution is -2.05. The molecule has 1 atom stereocenters. The number of rotatable bonds is 3. The highest BCUT2D eigenvalue weighted by Crippen LogP contribution is 2.33. The molecule has 18 heavy (non-hydrogen) atoms. The zero-order valence-electron chi connectivity index (χ0n) is 10.9. The molecule has 0 radical (unpaired) electrons. The van der Waals surface area contributed by atoms with Crippen molar-refractivity contribution in [1.29, 1.82) is 0 Å². The van der Waals surface area contributed by atoms with Gasteiger partial charge in [0.25, 0.3) is 0 Å². The maximum absolute atomic E-state index is 10.4. The van der Waals surface area contributed by atoms with Crippen LogP contribution in [-0.2, 0) is 14.1 Å². The second-order valence-corrected chi connectivity index (χ2v) is 5.04. The number of aromatic nitrogens is 4. The van der Waals surface area contributed by atoms with Crippen molar-refractivity contribution in [3.8, 4) is 0 Å². The largest absolute Gasteiger partial charge is 0.382 e. The fraction of sp³-hybridized carbons (Fsp3) is 0.500. The number of aliphatic hydroxyl groups excluding tert-OH is 1. The van der Waals surface area contributed by atoms with Gasteiger partial charge in [0.05, 0.1) is 11.4 Å². The van der Waals surface area contributed by atoms with E-state index in [0.717, 1.165) is 5.69 Å². The van der Waals surface area contributed by atoms with Gasteiger partial charge in [0.2, 0.25) is 0 Å². The van der Waals surface area contributed by atoms with E-state index in [1.807, 2.05) is 20.9 Å². The van der Waals surface area contributed by atoms with Gasteiger partial charge in [0, 0.05) is 25.9 Å². The molecule has 2 heterocycles. The van der Waals surface area contributed by atoms with Gasteiger partial charge >= 0.3 is 0 Å². The molecule has 5 nitrogen and oxygen atoms in total. The van der Waals surface area contributed by atoms with Crippen molar-refractivity contribution in [3.05, 3.63) is 34.4 Å². The van der Waals surface area contributed by atoms with Gasteiger partial charge < -0.3 is 5.11 Å². The van der Waals surface area contributed by atoms with Crippen LogP contribution in [0.2, 0.25) is 5.15 Å². The molecule has 1 unspecified atom stereocenters.